The molecule has 66 heavy (non-hydrogen) atoms. The Morgan fingerprint density at radius 1 is 0.879 bits per heavy atom. The van der Waals surface area contributed by atoms with Gasteiger partial charge in [-0.3, -0.25) is 24.0 Å². The molecule has 3 aromatic carbocycles. The van der Waals surface area contributed by atoms with Gasteiger partial charge in [-0.1, -0.05) is 37.1 Å². The molecular weight excluding hydrogens is 843 g/mol. The molecule has 1 aliphatic rings. The lowest BCUT2D eigenvalue weighted by Crippen LogP contribution is -2.56. The Kier molecular flexibility index (Phi) is 17.7. The van der Waals surface area contributed by atoms with E-state index in [0.717, 1.165) is 12.0 Å². The molecule has 0 saturated heterocycles. The fourth-order valence-corrected chi connectivity index (χ4v) is 7.41. The van der Waals surface area contributed by atoms with Crippen molar-refractivity contribution in [3.8, 4) is 40.5 Å². The standard InChI is InChI=1S/C48H57N11O7/c1-6-31-7-9-32(10-8-31)12-16-41-54-28(2)42(29(3)55-41)46(62)57-37(17-18-49)48(64)59(5)43-34-13-15-40(66-24-21-52)36(27-34)35-25-33(11-14-39(35)65-23-20-51)26-38(45(61)53-22-19-50)58-44(60)30(4)56-47(43)63/h7-11,13-15,25,27,30,37-38,43H,6,17-18,20-24,26,49,51-52H2,1-5H3,(H,53,61)(H,56,63)(H,57,62)(H,58,60)/t30-,37-,38-,43-/m0/s1. The highest BCUT2D eigenvalue weighted by Gasteiger charge is 2.36. The lowest BCUT2D eigenvalue weighted by Gasteiger charge is -2.32. The molecule has 0 unspecified atom stereocenters. The number of rotatable bonds is 15. The van der Waals surface area contributed by atoms with Crippen LogP contribution in [0.3, 0.4) is 0 Å². The summed E-state index contributed by atoms with van der Waals surface area (Å²) in [5.41, 5.74) is 22.3. The maximum Gasteiger partial charge on any atom is 0.255 e. The van der Waals surface area contributed by atoms with Gasteiger partial charge in [0.05, 0.1) is 23.0 Å². The fraction of sp³-hybridized carbons (Fsp3) is 0.375. The van der Waals surface area contributed by atoms with E-state index in [-0.39, 0.29) is 63.6 Å². The van der Waals surface area contributed by atoms with Gasteiger partial charge in [-0.2, -0.15) is 5.26 Å². The zero-order chi connectivity index (χ0) is 47.9. The van der Waals surface area contributed by atoms with E-state index in [2.05, 4.69) is 50.0 Å². The van der Waals surface area contributed by atoms with E-state index >= 15 is 0 Å². The number of carbonyl (C=O) groups excluding carboxylic acids is 5. The number of hydrogen-bond acceptors (Lipinski definition) is 13. The number of nitrogens with one attached hydrogen (secondary N) is 4. The van der Waals surface area contributed by atoms with E-state index in [0.29, 0.717) is 45.1 Å². The first-order valence-corrected chi connectivity index (χ1v) is 21.7. The number of amides is 5. The summed E-state index contributed by atoms with van der Waals surface area (Å²) >= 11 is 0. The van der Waals surface area contributed by atoms with Gasteiger partial charge in [0, 0.05) is 43.2 Å². The molecule has 18 heteroatoms. The minimum atomic E-state index is -1.41. The number of nitriles is 1. The van der Waals surface area contributed by atoms with Crippen molar-refractivity contribution in [1.82, 2.24) is 36.1 Å². The molecule has 4 atom stereocenters. The normalized spacial score (nSPS) is 16.1. The number of fused-ring (bicyclic) bond motifs is 5. The van der Waals surface area contributed by atoms with Crippen molar-refractivity contribution in [3.63, 3.8) is 0 Å². The van der Waals surface area contributed by atoms with Crippen molar-refractivity contribution in [1.29, 1.82) is 5.26 Å². The fourth-order valence-electron chi connectivity index (χ4n) is 7.41. The third-order valence-corrected chi connectivity index (χ3v) is 10.8. The molecule has 0 saturated carbocycles. The van der Waals surface area contributed by atoms with Crippen LogP contribution in [-0.2, 0) is 32.0 Å². The monoisotopic (exact) mass is 899 g/mol. The average molecular weight is 900 g/mol. The maximum absolute atomic E-state index is 14.7. The van der Waals surface area contributed by atoms with Crippen molar-refractivity contribution in [2.75, 3.05) is 46.4 Å². The average Bonchev–Trinajstić information content (AvgIpc) is 3.30. The Hall–Kier alpha value is -7.38. The van der Waals surface area contributed by atoms with Crippen LogP contribution < -0.4 is 47.9 Å². The van der Waals surface area contributed by atoms with E-state index in [4.69, 9.17) is 31.9 Å². The molecule has 5 rings (SSSR count). The highest BCUT2D eigenvalue weighted by atomic mass is 16.5. The smallest absolute Gasteiger partial charge is 0.255 e. The SMILES string of the molecule is CCc1ccc(C#Cc2nc(C)c(C(=O)N[C@@H](CCN)C(=O)N(C)[C@@H]3C(=O)N[C@@H](C)C(=O)N[C@H](C(=O)NCC#N)Cc4ccc(OCCN)c(c4)-c4cc3ccc4OCCN)c(C)n2)cc1. The summed E-state index contributed by atoms with van der Waals surface area (Å²) in [6, 6.07) is 14.8. The van der Waals surface area contributed by atoms with Crippen LogP contribution in [0, 0.1) is 37.0 Å². The van der Waals surface area contributed by atoms with Crippen molar-refractivity contribution in [3.05, 3.63) is 106 Å². The van der Waals surface area contributed by atoms with Gasteiger partial charge in [-0.15, -0.1) is 0 Å². The van der Waals surface area contributed by atoms with E-state index in [1.165, 1.54) is 24.4 Å². The molecule has 18 nitrogen and oxygen atoms in total. The molecule has 2 heterocycles. The summed E-state index contributed by atoms with van der Waals surface area (Å²) in [5, 5.41) is 19.9. The lowest BCUT2D eigenvalue weighted by molar-refractivity contribution is -0.141. The molecule has 5 amide bonds. The van der Waals surface area contributed by atoms with Crippen molar-refractivity contribution < 1.29 is 33.4 Å². The number of nitrogens with two attached hydrogens (primary N) is 3. The predicted molar refractivity (Wildman–Crippen MR) is 247 cm³/mol. The minimum absolute atomic E-state index is 0.00185. The summed E-state index contributed by atoms with van der Waals surface area (Å²) in [7, 11) is 1.41. The number of ether oxygens (including phenoxy) is 2. The number of benzene rings is 3. The van der Waals surface area contributed by atoms with Crippen molar-refractivity contribution in [2.24, 2.45) is 17.2 Å². The summed E-state index contributed by atoms with van der Waals surface area (Å²) in [6.45, 7) is 7.14. The number of nitrogens with zero attached hydrogens (tertiary/aromatic N) is 4. The van der Waals surface area contributed by atoms with Gasteiger partial charge < -0.3 is 52.8 Å². The zero-order valence-corrected chi connectivity index (χ0v) is 37.8. The lowest BCUT2D eigenvalue weighted by atomic mass is 9.93. The third-order valence-electron chi connectivity index (χ3n) is 10.8. The minimum Gasteiger partial charge on any atom is -0.492 e. The largest absolute Gasteiger partial charge is 0.492 e. The number of carbonyl (C=O) groups is 5. The Morgan fingerprint density at radius 3 is 2.12 bits per heavy atom. The quantitative estimate of drug-likeness (QED) is 0.0654. The molecule has 0 aliphatic carbocycles. The molecule has 346 valence electrons. The van der Waals surface area contributed by atoms with E-state index < -0.39 is 53.7 Å². The summed E-state index contributed by atoms with van der Waals surface area (Å²) in [6.07, 6.45) is 0.891. The topological polar surface area (TPSA) is 283 Å². The highest BCUT2D eigenvalue weighted by molar-refractivity contribution is 6.00. The Morgan fingerprint density at radius 2 is 1.52 bits per heavy atom. The third kappa shape index (κ3) is 12.4. The molecule has 4 aromatic rings. The van der Waals surface area contributed by atoms with Crippen LogP contribution in [-0.4, -0.2) is 109 Å². The highest BCUT2D eigenvalue weighted by Crippen LogP contribution is 2.40. The Labute approximate surface area is 384 Å². The van der Waals surface area contributed by atoms with Gasteiger partial charge >= 0.3 is 0 Å². The van der Waals surface area contributed by atoms with Crippen LogP contribution in [0.1, 0.15) is 76.1 Å². The van der Waals surface area contributed by atoms with E-state index in [1.807, 2.05) is 30.3 Å². The van der Waals surface area contributed by atoms with Crippen LogP contribution in [0.5, 0.6) is 11.5 Å². The van der Waals surface area contributed by atoms with E-state index in [9.17, 15) is 24.0 Å². The Bertz CT molecular complexity index is 2510. The van der Waals surface area contributed by atoms with Crippen LogP contribution in [0.2, 0.25) is 0 Å². The summed E-state index contributed by atoms with van der Waals surface area (Å²) < 4.78 is 12.2. The zero-order valence-electron chi connectivity index (χ0n) is 37.8. The summed E-state index contributed by atoms with van der Waals surface area (Å²) in [5.74, 6) is 3.60. The first kappa shape index (κ1) is 49.6. The van der Waals surface area contributed by atoms with Gasteiger partial charge in [-0.05, 0) is 99.2 Å². The molecule has 10 N–H and O–H groups in total. The first-order chi connectivity index (χ1) is 31.7. The van der Waals surface area contributed by atoms with Gasteiger partial charge in [0.25, 0.3) is 5.91 Å². The second kappa shape index (κ2) is 23.5. The molecule has 4 bridgehead atoms. The second-order valence-electron chi connectivity index (χ2n) is 15.6. The molecular formula is C48H57N11O7. The second-order valence-corrected chi connectivity index (χ2v) is 15.6. The van der Waals surface area contributed by atoms with Crippen LogP contribution in [0.15, 0.2) is 60.7 Å². The van der Waals surface area contributed by atoms with E-state index in [1.54, 1.807) is 50.2 Å². The number of likely N-dealkylation sites (N-methyl/N-ethyl adjacent to an activating group) is 1. The first-order valence-electron chi connectivity index (χ1n) is 21.7. The predicted octanol–water partition coefficient (Wildman–Crippen LogP) is 1.23. The van der Waals surface area contributed by atoms with Crippen molar-refractivity contribution >= 4 is 29.5 Å². The van der Waals surface area contributed by atoms with Crippen LogP contribution in [0.25, 0.3) is 11.1 Å². The van der Waals surface area contributed by atoms with Gasteiger partial charge in [0.15, 0.2) is 0 Å². The maximum atomic E-state index is 14.7. The number of hydrogen-bond donors (Lipinski definition) is 7. The molecule has 0 spiro atoms. The van der Waals surface area contributed by atoms with Crippen LogP contribution in [0.4, 0.5) is 0 Å². The number of aryl methyl sites for hydroxylation is 3. The molecule has 0 fully saturated rings. The molecule has 0 radical (unpaired) electrons. The van der Waals surface area contributed by atoms with Gasteiger partial charge in [-0.25, -0.2) is 9.97 Å². The van der Waals surface area contributed by atoms with Gasteiger partial charge in [0.1, 0.15) is 55.4 Å². The molecule has 1 aliphatic heterocycles. The van der Waals surface area contributed by atoms with Gasteiger partial charge in [0.2, 0.25) is 29.5 Å². The summed E-state index contributed by atoms with van der Waals surface area (Å²) in [4.78, 5) is 80.5. The Balaban J connectivity index is 1.56. The molecule has 1 aromatic heterocycles. The van der Waals surface area contributed by atoms with Crippen molar-refractivity contribution in [2.45, 2.75) is 71.1 Å². The van der Waals surface area contributed by atoms with Crippen LogP contribution >= 0.6 is 0 Å². The number of aromatic nitrogens is 2.